The molecular weight excluding hydrogens is 2010 g/mol. The molecule has 34 nitrogen and oxygen atoms in total. The number of nitrogens with two attached hydrogens (primary N) is 1. The lowest BCUT2D eigenvalue weighted by Crippen LogP contribution is -2.54. The largest absolute Gasteiger partial charge is 0.486 e. The molecule has 0 aliphatic carbocycles. The van der Waals surface area contributed by atoms with E-state index >= 15 is 0 Å². The fourth-order valence-electron chi connectivity index (χ4n) is 15.9. The highest BCUT2D eigenvalue weighted by molar-refractivity contribution is 9.10. The number of alkyl carbamates (subject to hydrolysis) is 3. The molecule has 0 saturated carbocycles. The van der Waals surface area contributed by atoms with Crippen molar-refractivity contribution in [2.45, 2.75) is 219 Å². The van der Waals surface area contributed by atoms with Gasteiger partial charge in [-0.3, -0.25) is 30.0 Å². The first-order valence-electron chi connectivity index (χ1n) is 45.0. The van der Waals surface area contributed by atoms with Crippen molar-refractivity contribution in [3.8, 4) is 45.0 Å². The zero-order chi connectivity index (χ0) is 101. The van der Waals surface area contributed by atoms with E-state index < -0.39 is 40.6 Å². The number of nitrogens with zero attached hydrogens (tertiary/aromatic N) is 16. The molecule has 4 aromatic carbocycles. The summed E-state index contributed by atoms with van der Waals surface area (Å²) in [6.07, 6.45) is 7.70. The highest BCUT2D eigenvalue weighted by Crippen LogP contribution is 2.44. The van der Waals surface area contributed by atoms with Gasteiger partial charge in [0.2, 0.25) is 22.6 Å². The first-order valence-corrected chi connectivity index (χ1v) is 48.9. The molecule has 5 fully saturated rings. The van der Waals surface area contributed by atoms with Gasteiger partial charge in [-0.25, -0.2) is 54.3 Å². The molecule has 0 radical (unpaired) electrons. The molecule has 0 atom stereocenters. The van der Waals surface area contributed by atoms with Crippen LogP contribution >= 0.6 is 109 Å². The van der Waals surface area contributed by atoms with Crippen molar-refractivity contribution in [3.63, 3.8) is 0 Å². The second kappa shape index (κ2) is 42.4. The Morgan fingerprint density at radius 1 is 0.410 bits per heavy atom. The Morgan fingerprint density at radius 2 is 0.662 bits per heavy atom. The number of aromatic amines is 4. The number of benzene rings is 4. The number of aldehydes is 2. The summed E-state index contributed by atoms with van der Waals surface area (Å²) in [7, 11) is -0.250. The van der Waals surface area contributed by atoms with Crippen LogP contribution in [0.2, 0.25) is 40.2 Å². The maximum absolute atomic E-state index is 12.3. The number of hydrogen-bond acceptors (Lipinski definition) is 27. The lowest BCUT2D eigenvalue weighted by Gasteiger charge is -2.40. The Bertz CT molecular complexity index is 6390. The Kier molecular flexibility index (Phi) is 32.4. The molecule has 12 aromatic rings. The van der Waals surface area contributed by atoms with Crippen molar-refractivity contribution in [1.29, 1.82) is 0 Å². The number of piperidine rings is 4. The van der Waals surface area contributed by atoms with Crippen LogP contribution in [0.1, 0.15) is 196 Å². The van der Waals surface area contributed by atoms with E-state index in [1.165, 1.54) is 0 Å². The van der Waals surface area contributed by atoms with E-state index in [9.17, 15) is 24.0 Å². The Morgan fingerprint density at radius 3 is 0.921 bits per heavy atom. The van der Waals surface area contributed by atoms with Gasteiger partial charge in [0.05, 0.1) is 74.2 Å². The van der Waals surface area contributed by atoms with Crippen molar-refractivity contribution in [3.05, 3.63) is 154 Å². The van der Waals surface area contributed by atoms with Crippen LogP contribution in [0, 0.1) is 0 Å². The third kappa shape index (κ3) is 25.2. The van der Waals surface area contributed by atoms with E-state index in [0.29, 0.717) is 241 Å². The van der Waals surface area contributed by atoms with Crippen LogP contribution in [-0.4, -0.2) is 221 Å². The summed E-state index contributed by atoms with van der Waals surface area (Å²) >= 11 is 53.7. The molecule has 738 valence electrons. The first-order chi connectivity index (χ1) is 65.2. The van der Waals surface area contributed by atoms with E-state index in [1.54, 1.807) is 54.5 Å². The first kappa shape index (κ1) is 106. The average molecular weight is 2120 g/mol. The summed E-state index contributed by atoms with van der Waals surface area (Å²) in [6.45, 7) is 45.7. The minimum atomic E-state index is -0.567. The van der Waals surface area contributed by atoms with Gasteiger partial charge in [-0.05, 0) is 215 Å². The molecule has 8 aromatic heterocycles. The molecule has 0 bridgehead atoms. The van der Waals surface area contributed by atoms with Gasteiger partial charge in [0.15, 0.2) is 35.8 Å². The van der Waals surface area contributed by atoms with Crippen LogP contribution in [0.5, 0.6) is 0 Å². The maximum atomic E-state index is 12.3. The SMILES string of the molecule is C=CB1OC(C)(C)C(C)(C)O1.C=Cc1nc2c(-c3cccc(Cl)c3Cl)[nH]nc2nc1N1CCC(C)(NC(=O)OC(C)(C)C)CC1.CC1(N)CCN(c2nc3n[nH]c(-c4cccc(Cl)c4Cl)c3nc2C=O)CC1.CC1(NC(=O)OC(C)(C)C)CCN(c2nc3n[nH]c(-c4cccc(Cl)c4Cl)c3nc2Br)CC1.CC1(NC(=O)OC(C)(C)C)CCN(c2nc3n[nH]c(-c4cccc(Cl)c4Cl)c3nc2C=O)CC1. The summed E-state index contributed by atoms with van der Waals surface area (Å²) in [5, 5.41) is 41.4. The number of anilines is 4. The molecule has 0 spiro atoms. The lowest BCUT2D eigenvalue weighted by molar-refractivity contribution is 0.00578. The fourth-order valence-corrected chi connectivity index (χ4v) is 18.0. The number of aromatic nitrogens is 16. The fraction of sp³-hybridized carbons (Fsp3) is 0.442. The molecule has 44 heteroatoms. The second-order valence-electron chi connectivity index (χ2n) is 39.6. The third-order valence-corrected chi connectivity index (χ3v) is 28.2. The van der Waals surface area contributed by atoms with Gasteiger partial charge in [-0.15, -0.1) is 6.58 Å². The number of carbonyl (C=O) groups is 5. The molecule has 5 aliphatic rings. The van der Waals surface area contributed by atoms with E-state index in [2.05, 4.69) is 116 Å². The van der Waals surface area contributed by atoms with Crippen LogP contribution in [0.15, 0.2) is 96.5 Å². The molecule has 139 heavy (non-hydrogen) atoms. The zero-order valence-electron chi connectivity index (χ0n) is 80.3. The third-order valence-electron chi connectivity index (χ3n) is 24.4. The summed E-state index contributed by atoms with van der Waals surface area (Å²) < 4.78 is 28.0. The molecule has 3 amide bonds. The second-order valence-corrected chi connectivity index (χ2v) is 43.5. The molecule has 17 rings (SSSR count). The Balaban J connectivity index is 0.000000151. The topological polar surface area (TPSA) is 424 Å². The summed E-state index contributed by atoms with van der Waals surface area (Å²) in [6, 6.07) is 21.4. The van der Waals surface area contributed by atoms with Crippen molar-refractivity contribution >= 4 is 221 Å². The molecule has 9 N–H and O–H groups in total. The number of carbonyl (C=O) groups excluding carboxylic acids is 5. The minimum absolute atomic E-state index is 0.196. The van der Waals surface area contributed by atoms with Gasteiger partial charge in [0.1, 0.15) is 60.6 Å². The average Bonchev–Trinajstić information content (AvgIpc) is 1.65. The van der Waals surface area contributed by atoms with Gasteiger partial charge < -0.3 is 64.8 Å². The van der Waals surface area contributed by atoms with Crippen molar-refractivity contribution < 1.29 is 47.5 Å². The number of fused-ring (bicyclic) bond motifs is 4. The van der Waals surface area contributed by atoms with Crippen molar-refractivity contribution in [2.75, 3.05) is 72.0 Å². The number of halogens is 9. The van der Waals surface area contributed by atoms with Crippen LogP contribution < -0.4 is 41.3 Å². The lowest BCUT2D eigenvalue weighted by atomic mass is 9.89. The van der Waals surface area contributed by atoms with Gasteiger partial charge in [0.25, 0.3) is 0 Å². The van der Waals surface area contributed by atoms with Gasteiger partial charge in [-0.2, -0.15) is 20.4 Å². The van der Waals surface area contributed by atoms with E-state index in [-0.39, 0.29) is 46.3 Å². The normalized spacial score (nSPS) is 17.0. The quantitative estimate of drug-likeness (QED) is 0.0268. The summed E-state index contributed by atoms with van der Waals surface area (Å²) in [5.41, 5.74) is 12.8. The predicted molar refractivity (Wildman–Crippen MR) is 555 cm³/mol. The minimum Gasteiger partial charge on any atom is -0.444 e. The Hall–Kier alpha value is -10.3. The predicted octanol–water partition coefficient (Wildman–Crippen LogP) is 22.1. The van der Waals surface area contributed by atoms with E-state index in [4.69, 9.17) is 142 Å². The van der Waals surface area contributed by atoms with Crippen molar-refractivity contribution in [1.82, 2.24) is 96.6 Å². The number of H-pyrrole nitrogens is 4. The van der Waals surface area contributed by atoms with Gasteiger partial charge in [-0.1, -0.05) is 154 Å². The number of amides is 3. The Labute approximate surface area is 854 Å². The van der Waals surface area contributed by atoms with Crippen LogP contribution in [0.4, 0.5) is 37.7 Å². The molecular formula is C95H112BBrCl8N24O10. The summed E-state index contributed by atoms with van der Waals surface area (Å²) in [5.74, 6) is 4.07. The standard InChI is InChI=1S/C24H28Cl2N6O2.C23H26Cl2N6O3.C22H25BrCl2N6O2.C18H18Cl2N6O.C8H15BO2/c1-6-16-21(32-12-10-24(5,11-13-32)29-22(33)34-23(2,3)4)28-20-19(27-16)18(30-31-20)14-8-7-9-15(25)17(14)26;1-22(2,3)34-21(33)28-23(4)8-10-31(11-9-23)20-15(12-32)26-18-17(29-30-19(18)27-20)13-6-5-7-14(24)16(13)25;1-21(2,3)33-20(32)28-22(4)8-10-31(11-9-22)19-17(23)26-16-15(29-30-18(16)27-19)12-6-5-7-13(24)14(12)25;1-18(21)5-7-26(8-6-18)17-12(9-27)22-15-14(24-25-16(15)23-17)10-3-2-4-11(19)13(10)20;1-6-9-10-7(2,3)8(4,5)11-9/h6-9H,1,10-13H2,2-5H3,(H,29,33)(H,28,30,31);5-7,12H,8-11H2,1-4H3,(H,28,33)(H,27,29,30);5-7H,8-11H2,1-4H3,(H,28,32)(H,27,29,30);2-4,9H,5-8,21H2,1H3,(H,23,24,25);6H,1H2,2-5H3. The molecule has 13 heterocycles. The van der Waals surface area contributed by atoms with Crippen LogP contribution in [0.25, 0.3) is 95.8 Å². The smallest absolute Gasteiger partial charge is 0.444 e. The van der Waals surface area contributed by atoms with Gasteiger partial charge in [0, 0.05) is 96.8 Å². The number of nitrogens with one attached hydrogen (secondary N) is 7. The van der Waals surface area contributed by atoms with E-state index in [1.807, 2.05) is 158 Å². The van der Waals surface area contributed by atoms with Crippen molar-refractivity contribution in [2.24, 2.45) is 5.73 Å². The van der Waals surface area contributed by atoms with Crippen LogP contribution in [0.3, 0.4) is 0 Å². The highest BCUT2D eigenvalue weighted by atomic mass is 79.9. The maximum Gasteiger partial charge on any atom is 0.486 e. The highest BCUT2D eigenvalue weighted by Gasteiger charge is 2.50. The number of ether oxygens (including phenoxy) is 3. The number of rotatable bonds is 15. The van der Waals surface area contributed by atoms with E-state index in [0.717, 1.165) is 38.5 Å². The monoisotopic (exact) mass is 2120 g/mol. The van der Waals surface area contributed by atoms with Crippen LogP contribution in [-0.2, 0) is 23.5 Å². The summed E-state index contributed by atoms with van der Waals surface area (Å²) in [4.78, 5) is 106. The van der Waals surface area contributed by atoms with Gasteiger partial charge >= 0.3 is 25.4 Å². The molecule has 0 unspecified atom stereocenters. The number of hydrogen-bond donors (Lipinski definition) is 8. The zero-order valence-corrected chi connectivity index (χ0v) is 87.9. The molecule has 5 aliphatic heterocycles. The molecule has 5 saturated heterocycles.